The van der Waals surface area contributed by atoms with Crippen LogP contribution in [-0.2, 0) is 4.74 Å². The summed E-state index contributed by atoms with van der Waals surface area (Å²) < 4.78 is 6.12. The van der Waals surface area contributed by atoms with Gasteiger partial charge in [-0.2, -0.15) is 0 Å². The van der Waals surface area contributed by atoms with Crippen LogP contribution in [0.3, 0.4) is 0 Å². The van der Waals surface area contributed by atoms with Gasteiger partial charge < -0.3 is 10.1 Å². The van der Waals surface area contributed by atoms with E-state index in [1.54, 1.807) is 0 Å². The summed E-state index contributed by atoms with van der Waals surface area (Å²) in [6.45, 7) is 13.3. The average Bonchev–Trinajstić information content (AvgIpc) is 2.28. The van der Waals surface area contributed by atoms with E-state index in [1.165, 1.54) is 19.3 Å². The van der Waals surface area contributed by atoms with Crippen LogP contribution < -0.4 is 5.32 Å². The highest BCUT2D eigenvalue weighted by Gasteiger charge is 2.25. The van der Waals surface area contributed by atoms with Crippen molar-refractivity contribution in [1.82, 2.24) is 5.32 Å². The van der Waals surface area contributed by atoms with Crippen LogP contribution in [0.25, 0.3) is 0 Å². The van der Waals surface area contributed by atoms with Crippen molar-refractivity contribution in [3.05, 3.63) is 0 Å². The van der Waals surface area contributed by atoms with Crippen LogP contribution in [0.15, 0.2) is 0 Å². The van der Waals surface area contributed by atoms with E-state index in [0.29, 0.717) is 18.1 Å². The fraction of sp³-hybridized carbons (Fsp3) is 1.00. The van der Waals surface area contributed by atoms with E-state index in [-0.39, 0.29) is 0 Å². The number of ether oxygens (including phenoxy) is 1. The first-order chi connectivity index (χ1) is 8.04. The summed E-state index contributed by atoms with van der Waals surface area (Å²) in [5.74, 6) is 2.35. The van der Waals surface area contributed by atoms with Crippen LogP contribution in [0.5, 0.6) is 0 Å². The van der Waals surface area contributed by atoms with Crippen molar-refractivity contribution in [3.8, 4) is 0 Å². The molecule has 0 aromatic carbocycles. The Hall–Kier alpha value is -0.0800. The molecule has 1 aliphatic rings. The maximum Gasteiger partial charge on any atom is 0.0625 e. The number of rotatable bonds is 6. The van der Waals surface area contributed by atoms with Gasteiger partial charge in [-0.1, -0.05) is 34.6 Å². The van der Waals surface area contributed by atoms with E-state index < -0.39 is 0 Å². The van der Waals surface area contributed by atoms with E-state index in [4.69, 9.17) is 4.74 Å². The summed E-state index contributed by atoms with van der Waals surface area (Å²) in [5.41, 5.74) is 0. The number of nitrogens with one attached hydrogen (secondary N) is 1. The molecule has 0 aromatic heterocycles. The van der Waals surface area contributed by atoms with Crippen LogP contribution in [0.1, 0.15) is 53.9 Å². The third-order valence-electron chi connectivity index (χ3n) is 4.33. The molecule has 2 nitrogen and oxygen atoms in total. The first-order valence-corrected chi connectivity index (χ1v) is 7.39. The quantitative estimate of drug-likeness (QED) is 0.769. The van der Waals surface area contributed by atoms with Gasteiger partial charge in [0.25, 0.3) is 0 Å². The highest BCUT2D eigenvalue weighted by molar-refractivity contribution is 4.77. The molecule has 17 heavy (non-hydrogen) atoms. The van der Waals surface area contributed by atoms with E-state index in [0.717, 1.165) is 25.0 Å². The molecular weight excluding hydrogens is 210 g/mol. The molecule has 0 saturated heterocycles. The van der Waals surface area contributed by atoms with Crippen LogP contribution in [0.2, 0.25) is 0 Å². The zero-order valence-corrected chi connectivity index (χ0v) is 12.3. The van der Waals surface area contributed by atoms with Gasteiger partial charge in [0.15, 0.2) is 0 Å². The van der Waals surface area contributed by atoms with Crippen molar-refractivity contribution >= 4 is 0 Å². The minimum Gasteiger partial charge on any atom is -0.377 e. The van der Waals surface area contributed by atoms with Gasteiger partial charge in [0.1, 0.15) is 0 Å². The molecule has 1 fully saturated rings. The Morgan fingerprint density at radius 3 is 2.41 bits per heavy atom. The zero-order chi connectivity index (χ0) is 12.8. The average molecular weight is 241 g/mol. The van der Waals surface area contributed by atoms with Crippen molar-refractivity contribution < 1.29 is 4.74 Å². The smallest absolute Gasteiger partial charge is 0.0625 e. The second-order valence-electron chi connectivity index (χ2n) is 6.13. The molecule has 0 bridgehead atoms. The lowest BCUT2D eigenvalue weighted by molar-refractivity contribution is -0.0122. The maximum absolute atomic E-state index is 6.12. The monoisotopic (exact) mass is 241 g/mol. The lowest BCUT2D eigenvalue weighted by Gasteiger charge is -2.33. The molecule has 1 aliphatic carbocycles. The Kier molecular flexibility index (Phi) is 6.50. The lowest BCUT2D eigenvalue weighted by Crippen LogP contribution is -2.40. The third-order valence-corrected chi connectivity index (χ3v) is 4.33. The van der Waals surface area contributed by atoms with Crippen LogP contribution in [-0.4, -0.2) is 25.3 Å². The highest BCUT2D eigenvalue weighted by Crippen LogP contribution is 2.31. The number of hydrogen-bond acceptors (Lipinski definition) is 2. The summed E-state index contributed by atoms with van der Waals surface area (Å²) >= 11 is 0. The minimum absolute atomic E-state index is 0.501. The van der Waals surface area contributed by atoms with Gasteiger partial charge in [0.05, 0.1) is 12.7 Å². The van der Waals surface area contributed by atoms with Crippen LogP contribution in [0, 0.1) is 17.8 Å². The second kappa shape index (κ2) is 7.38. The molecule has 0 spiro atoms. The molecule has 1 rings (SSSR count). The fourth-order valence-electron chi connectivity index (χ4n) is 2.64. The van der Waals surface area contributed by atoms with Crippen LogP contribution in [0.4, 0.5) is 0 Å². The molecule has 0 radical (unpaired) electrons. The Bertz CT molecular complexity index is 205. The van der Waals surface area contributed by atoms with Gasteiger partial charge >= 0.3 is 0 Å². The standard InChI is InChI=1S/C15H31NO/c1-6-16-15(11(2)3)10-17-14-8-7-12(4)13(5)9-14/h11-16H,6-10H2,1-5H3. The first kappa shape index (κ1) is 15.0. The Morgan fingerprint density at radius 2 is 1.88 bits per heavy atom. The van der Waals surface area contributed by atoms with E-state index in [9.17, 15) is 0 Å². The second-order valence-corrected chi connectivity index (χ2v) is 6.13. The molecule has 0 aromatic rings. The normalized spacial score (nSPS) is 31.8. The Balaban J connectivity index is 2.29. The molecular formula is C15H31NO. The van der Waals surface area contributed by atoms with Gasteiger partial charge in [0, 0.05) is 6.04 Å². The SMILES string of the molecule is CCNC(COC1CCC(C)C(C)C1)C(C)C. The molecule has 0 heterocycles. The highest BCUT2D eigenvalue weighted by atomic mass is 16.5. The summed E-state index contributed by atoms with van der Waals surface area (Å²) in [7, 11) is 0. The summed E-state index contributed by atoms with van der Waals surface area (Å²) in [5, 5.41) is 3.52. The topological polar surface area (TPSA) is 21.3 Å². The first-order valence-electron chi connectivity index (χ1n) is 7.39. The predicted molar refractivity (Wildman–Crippen MR) is 74.2 cm³/mol. The van der Waals surface area contributed by atoms with Crippen molar-refractivity contribution in [1.29, 1.82) is 0 Å². The number of hydrogen-bond donors (Lipinski definition) is 1. The van der Waals surface area contributed by atoms with Crippen LogP contribution >= 0.6 is 0 Å². The van der Waals surface area contributed by atoms with Gasteiger partial charge in [-0.15, -0.1) is 0 Å². The Labute approximate surface area is 108 Å². The summed E-state index contributed by atoms with van der Waals surface area (Å²) in [6.07, 6.45) is 4.33. The molecule has 102 valence electrons. The lowest BCUT2D eigenvalue weighted by atomic mass is 9.80. The Morgan fingerprint density at radius 1 is 1.18 bits per heavy atom. The van der Waals surface area contributed by atoms with Crippen molar-refractivity contribution in [3.63, 3.8) is 0 Å². The van der Waals surface area contributed by atoms with Gasteiger partial charge in [0.2, 0.25) is 0 Å². The van der Waals surface area contributed by atoms with Crippen molar-refractivity contribution in [2.45, 2.75) is 66.0 Å². The summed E-state index contributed by atoms with van der Waals surface area (Å²) in [6, 6.07) is 0.509. The molecule has 0 aliphatic heterocycles. The molecule has 2 heteroatoms. The number of likely N-dealkylation sites (N-methyl/N-ethyl adjacent to an activating group) is 1. The van der Waals surface area contributed by atoms with E-state index in [2.05, 4.69) is 39.9 Å². The predicted octanol–water partition coefficient (Wildman–Crippen LogP) is 3.46. The van der Waals surface area contributed by atoms with E-state index >= 15 is 0 Å². The van der Waals surface area contributed by atoms with Crippen molar-refractivity contribution in [2.75, 3.05) is 13.2 Å². The zero-order valence-electron chi connectivity index (χ0n) is 12.3. The van der Waals surface area contributed by atoms with Crippen molar-refractivity contribution in [2.24, 2.45) is 17.8 Å². The van der Waals surface area contributed by atoms with Gasteiger partial charge in [-0.3, -0.25) is 0 Å². The van der Waals surface area contributed by atoms with Gasteiger partial charge in [-0.05, 0) is 43.6 Å². The molecule has 1 N–H and O–H groups in total. The fourth-order valence-corrected chi connectivity index (χ4v) is 2.64. The third kappa shape index (κ3) is 4.97. The minimum atomic E-state index is 0.501. The largest absolute Gasteiger partial charge is 0.377 e. The van der Waals surface area contributed by atoms with Gasteiger partial charge in [-0.25, -0.2) is 0 Å². The molecule has 1 saturated carbocycles. The van der Waals surface area contributed by atoms with E-state index in [1.807, 2.05) is 0 Å². The molecule has 4 unspecified atom stereocenters. The maximum atomic E-state index is 6.12. The molecule has 0 amide bonds. The molecule has 4 atom stereocenters. The summed E-state index contributed by atoms with van der Waals surface area (Å²) in [4.78, 5) is 0.